The van der Waals surface area contributed by atoms with E-state index in [9.17, 15) is 14.7 Å². The van der Waals surface area contributed by atoms with Crippen molar-refractivity contribution in [2.24, 2.45) is 11.8 Å². The van der Waals surface area contributed by atoms with Gasteiger partial charge in [0.05, 0.1) is 0 Å². The van der Waals surface area contributed by atoms with Crippen molar-refractivity contribution in [3.05, 3.63) is 35.1 Å². The Hall–Kier alpha value is -0.910. The van der Waals surface area contributed by atoms with Crippen molar-refractivity contribution in [2.75, 3.05) is 9.36 Å². The fourth-order valence-electron chi connectivity index (χ4n) is 2.46. The van der Waals surface area contributed by atoms with Crippen LogP contribution in [0.1, 0.15) is 33.1 Å². The van der Waals surface area contributed by atoms with E-state index in [1.165, 1.54) is 23.3 Å². The van der Waals surface area contributed by atoms with Gasteiger partial charge in [-0.3, -0.25) is 0 Å². The number of aliphatic hydroxyl groups is 1. The van der Waals surface area contributed by atoms with Crippen molar-refractivity contribution >= 4 is 12.1 Å². The second-order valence-electron chi connectivity index (χ2n) is 5.26. The number of Topliss-reactive ketones (excluding diaryl/α,β-unsaturated/α-hetero) is 1. The Morgan fingerprint density at radius 3 is 2.76 bits per heavy atom. The minimum atomic E-state index is -0.258. The number of allylic oxidation sites excluding steroid dienone is 5. The first-order valence-electron chi connectivity index (χ1n) is 7.25. The second kappa shape index (κ2) is 9.18. The topological polar surface area (TPSA) is 54.4 Å². The molecule has 1 aliphatic rings. The number of aldehydes is 1. The molecule has 3 nitrogen and oxygen atoms in total. The van der Waals surface area contributed by atoms with Gasteiger partial charge in [0.15, 0.2) is 0 Å². The van der Waals surface area contributed by atoms with E-state index in [4.69, 9.17) is 0 Å². The molecule has 1 N–H and O–H groups in total. The summed E-state index contributed by atoms with van der Waals surface area (Å²) in [6.07, 6.45) is 9.03. The van der Waals surface area contributed by atoms with Gasteiger partial charge in [-0.2, -0.15) is 0 Å². The van der Waals surface area contributed by atoms with Gasteiger partial charge in [0.2, 0.25) is 0 Å². The third kappa shape index (κ3) is 5.41. The molecule has 0 fully saturated rings. The molecule has 0 saturated heterocycles. The maximum absolute atomic E-state index is 11.3. The van der Waals surface area contributed by atoms with Crippen molar-refractivity contribution in [1.82, 2.24) is 0 Å². The number of hydrogen-bond acceptors (Lipinski definition) is 3. The van der Waals surface area contributed by atoms with Crippen LogP contribution in [0, 0.1) is 11.8 Å². The van der Waals surface area contributed by atoms with Crippen LogP contribution in [0.15, 0.2) is 35.1 Å². The number of halogens is 1. The normalized spacial score (nSPS) is 20.7. The number of carbonyl (C=O) groups is 2. The Bertz CT molecular complexity index is 474. The summed E-state index contributed by atoms with van der Waals surface area (Å²) in [7, 11) is 0. The Morgan fingerprint density at radius 2 is 2.29 bits per heavy atom. The minimum absolute atomic E-state index is 0.138. The maximum atomic E-state index is 11.3. The third-order valence-electron chi connectivity index (χ3n) is 3.83. The number of hydrogen-bond donors (Lipinski definition) is 1. The van der Waals surface area contributed by atoms with Crippen LogP contribution >= 0.6 is 0 Å². The molecular weight excluding hydrogens is 379 g/mol. The van der Waals surface area contributed by atoms with Gasteiger partial charge in [0.25, 0.3) is 0 Å². The van der Waals surface area contributed by atoms with E-state index in [1.807, 2.05) is 6.08 Å². The molecular formula is C17H24IO3-. The van der Waals surface area contributed by atoms with Gasteiger partial charge >= 0.3 is 137 Å². The SMILES string of the molecule is CCC(CC[I-]C)C1=CCC(/C=C(\C=O)C(C)=O)C(O)=C1. The first kappa shape index (κ1) is 18.1. The first-order valence-corrected chi connectivity index (χ1v) is 10.9. The summed E-state index contributed by atoms with van der Waals surface area (Å²) in [5.74, 6) is 0.257. The van der Waals surface area contributed by atoms with Crippen LogP contribution in [0.25, 0.3) is 0 Å². The van der Waals surface area contributed by atoms with Gasteiger partial charge < -0.3 is 0 Å². The predicted octanol–water partition coefficient (Wildman–Crippen LogP) is 0.224. The zero-order chi connectivity index (χ0) is 15.8. The Balaban J connectivity index is 2.83. The Labute approximate surface area is 137 Å². The number of rotatable bonds is 8. The number of aliphatic hydroxyl groups excluding tert-OH is 1. The van der Waals surface area contributed by atoms with Gasteiger partial charge in [-0.1, -0.05) is 0 Å². The molecule has 1 rings (SSSR count). The van der Waals surface area contributed by atoms with E-state index < -0.39 is 0 Å². The zero-order valence-corrected chi connectivity index (χ0v) is 15.1. The summed E-state index contributed by atoms with van der Waals surface area (Å²) in [5, 5.41) is 10.2. The zero-order valence-electron chi connectivity index (χ0n) is 12.9. The molecule has 0 bridgehead atoms. The molecule has 0 spiro atoms. The summed E-state index contributed by atoms with van der Waals surface area (Å²) in [6.45, 7) is 3.54. The Morgan fingerprint density at radius 1 is 1.57 bits per heavy atom. The van der Waals surface area contributed by atoms with Crippen LogP contribution in [-0.2, 0) is 9.59 Å². The molecule has 0 aliphatic heterocycles. The van der Waals surface area contributed by atoms with Gasteiger partial charge in [-0.25, -0.2) is 0 Å². The van der Waals surface area contributed by atoms with Gasteiger partial charge in [0.1, 0.15) is 0 Å². The molecule has 0 amide bonds. The standard InChI is InChI=1S/C17H24IO3/c1-4-13(7-8-18-3)14-5-6-15(17(21)10-14)9-16(11-19)12(2)20/h5,9-11,13,15,21H,4,6-8H2,1-3H3/q-1/b16-9+. The van der Waals surface area contributed by atoms with E-state index in [1.54, 1.807) is 6.08 Å². The van der Waals surface area contributed by atoms with Gasteiger partial charge in [-0.05, 0) is 0 Å². The van der Waals surface area contributed by atoms with Crippen LogP contribution in [0.5, 0.6) is 0 Å². The second-order valence-corrected chi connectivity index (χ2v) is 7.87. The molecule has 2 unspecified atom stereocenters. The Kier molecular flexibility index (Phi) is 7.93. The van der Waals surface area contributed by atoms with Crippen LogP contribution in [0.2, 0.25) is 0 Å². The molecule has 1 aliphatic carbocycles. The van der Waals surface area contributed by atoms with Crippen LogP contribution in [-0.4, -0.2) is 26.5 Å². The number of carbonyl (C=O) groups excluding carboxylic acids is 2. The molecule has 0 aromatic rings. The van der Waals surface area contributed by atoms with Crippen molar-refractivity contribution in [3.8, 4) is 0 Å². The summed E-state index contributed by atoms with van der Waals surface area (Å²) in [6, 6.07) is 0. The first-order chi connectivity index (χ1) is 10.0. The molecule has 118 valence electrons. The quantitative estimate of drug-likeness (QED) is 0.158. The molecule has 4 heteroatoms. The summed E-state index contributed by atoms with van der Waals surface area (Å²) in [4.78, 5) is 24.4. The molecule has 0 aromatic heterocycles. The fourth-order valence-corrected chi connectivity index (χ4v) is 3.84. The number of alkyl halides is 2. The summed E-state index contributed by atoms with van der Waals surface area (Å²) in [5.41, 5.74) is 1.34. The van der Waals surface area contributed by atoms with Crippen LogP contribution in [0.4, 0.5) is 0 Å². The fraction of sp³-hybridized carbons (Fsp3) is 0.529. The third-order valence-corrected chi connectivity index (χ3v) is 5.53. The van der Waals surface area contributed by atoms with Gasteiger partial charge in [0, 0.05) is 0 Å². The van der Waals surface area contributed by atoms with Crippen molar-refractivity contribution in [3.63, 3.8) is 0 Å². The number of ketones is 1. The van der Waals surface area contributed by atoms with Gasteiger partial charge in [-0.15, -0.1) is 0 Å². The molecule has 0 saturated carbocycles. The average Bonchev–Trinajstić information content (AvgIpc) is 2.46. The van der Waals surface area contributed by atoms with E-state index in [0.29, 0.717) is 39.8 Å². The van der Waals surface area contributed by atoms with E-state index in [2.05, 4.69) is 17.9 Å². The molecule has 0 aromatic carbocycles. The van der Waals surface area contributed by atoms with Crippen LogP contribution < -0.4 is 21.2 Å². The van der Waals surface area contributed by atoms with E-state index in [0.717, 1.165) is 6.42 Å². The molecule has 21 heavy (non-hydrogen) atoms. The van der Waals surface area contributed by atoms with Crippen molar-refractivity contribution in [1.29, 1.82) is 0 Å². The molecule has 0 radical (unpaired) electrons. The molecule has 2 atom stereocenters. The monoisotopic (exact) mass is 403 g/mol. The van der Waals surface area contributed by atoms with Crippen molar-refractivity contribution in [2.45, 2.75) is 33.1 Å². The van der Waals surface area contributed by atoms with E-state index in [-0.39, 0.29) is 23.0 Å². The molecule has 0 heterocycles. The van der Waals surface area contributed by atoms with Crippen molar-refractivity contribution < 1.29 is 35.9 Å². The predicted molar refractivity (Wildman–Crippen MR) is 80.9 cm³/mol. The summed E-state index contributed by atoms with van der Waals surface area (Å²) >= 11 is 0.307. The summed E-state index contributed by atoms with van der Waals surface area (Å²) < 4.78 is 1.30. The van der Waals surface area contributed by atoms with E-state index >= 15 is 0 Å². The van der Waals surface area contributed by atoms with Crippen LogP contribution in [0.3, 0.4) is 0 Å². The average molecular weight is 403 g/mol.